The molecule has 7 heteroatoms. The largest absolute Gasteiger partial charge is 0.367 e. The molecule has 0 aliphatic carbocycles. The van der Waals surface area contributed by atoms with Gasteiger partial charge in [0.15, 0.2) is 18.4 Å². The van der Waals surface area contributed by atoms with E-state index in [-0.39, 0.29) is 0 Å². The summed E-state index contributed by atoms with van der Waals surface area (Å²) in [5, 5.41) is 0. The molecule has 24 heavy (non-hydrogen) atoms. The van der Waals surface area contributed by atoms with Crippen molar-refractivity contribution >= 4 is 0 Å². The quantitative estimate of drug-likeness (QED) is 0.405. The molecule has 1 aliphatic heterocycles. The molecular weight excluding hydrogens is 332 g/mol. The highest BCUT2D eigenvalue weighted by Gasteiger charge is 2.32. The van der Waals surface area contributed by atoms with Crippen molar-refractivity contribution in [2.75, 3.05) is 0 Å². The standard InChI is InChI=1S/C17H15N2.ClHO4/c1-2-6-15-14(5-1)12-19-10-4-3-7-16(19)17(15)13-8-9-18-11-13;2-1(3,4)5/h1-11,17-18H,12H2;(H,2,3,4,5)/q+1;/p-1. The highest BCUT2D eigenvalue weighted by atomic mass is 35.7. The first-order valence-corrected chi connectivity index (χ1v) is 8.47. The zero-order valence-corrected chi connectivity index (χ0v) is 13.3. The molecule has 0 spiro atoms. The van der Waals surface area contributed by atoms with Crippen LogP contribution in [0.15, 0.2) is 67.1 Å². The molecule has 1 aliphatic rings. The van der Waals surface area contributed by atoms with Crippen LogP contribution in [-0.4, -0.2) is 4.98 Å². The van der Waals surface area contributed by atoms with Gasteiger partial charge >= 0.3 is 0 Å². The van der Waals surface area contributed by atoms with Crippen LogP contribution in [0.1, 0.15) is 28.3 Å². The summed E-state index contributed by atoms with van der Waals surface area (Å²) in [7, 11) is -4.94. The van der Waals surface area contributed by atoms with E-state index < -0.39 is 10.2 Å². The lowest BCUT2D eigenvalue weighted by Gasteiger charge is -2.22. The number of benzene rings is 1. The number of hydrogen-bond donors (Lipinski definition) is 1. The fraction of sp³-hybridized carbons (Fsp3) is 0.118. The van der Waals surface area contributed by atoms with Crippen LogP contribution < -0.4 is 23.2 Å². The summed E-state index contributed by atoms with van der Waals surface area (Å²) >= 11 is 0. The van der Waals surface area contributed by atoms with Crippen LogP contribution in [0.5, 0.6) is 0 Å². The topological polar surface area (TPSA) is 112 Å². The first-order chi connectivity index (χ1) is 11.4. The summed E-state index contributed by atoms with van der Waals surface area (Å²) in [6.07, 6.45) is 6.27. The summed E-state index contributed by atoms with van der Waals surface area (Å²) in [4.78, 5) is 3.18. The molecule has 0 saturated carbocycles. The third-order valence-electron chi connectivity index (χ3n) is 3.93. The molecule has 0 fully saturated rings. The van der Waals surface area contributed by atoms with Gasteiger partial charge < -0.3 is 4.98 Å². The van der Waals surface area contributed by atoms with Gasteiger partial charge in [-0.2, -0.15) is 4.57 Å². The molecule has 1 atom stereocenters. The van der Waals surface area contributed by atoms with E-state index in [1.807, 2.05) is 6.20 Å². The molecular formula is C17H15ClN2O4. The summed E-state index contributed by atoms with van der Waals surface area (Å²) in [5.41, 5.74) is 5.53. The Kier molecular flexibility index (Phi) is 4.66. The van der Waals surface area contributed by atoms with Gasteiger partial charge in [0.2, 0.25) is 0 Å². The highest BCUT2D eigenvalue weighted by Crippen LogP contribution is 2.34. The van der Waals surface area contributed by atoms with E-state index >= 15 is 0 Å². The highest BCUT2D eigenvalue weighted by molar-refractivity contribution is 5.43. The monoisotopic (exact) mass is 346 g/mol. The number of hydrogen-bond acceptors (Lipinski definition) is 4. The van der Waals surface area contributed by atoms with Crippen molar-refractivity contribution in [3.05, 3.63) is 89.5 Å². The van der Waals surface area contributed by atoms with E-state index in [1.54, 1.807) is 0 Å². The molecule has 1 unspecified atom stereocenters. The number of aromatic nitrogens is 2. The molecule has 124 valence electrons. The normalized spacial score (nSPS) is 15.8. The minimum Gasteiger partial charge on any atom is -0.367 e. The first-order valence-electron chi connectivity index (χ1n) is 7.24. The second kappa shape index (κ2) is 6.72. The lowest BCUT2D eigenvalue weighted by atomic mass is 9.84. The molecule has 3 heterocycles. The second-order valence-corrected chi connectivity index (χ2v) is 6.16. The van der Waals surface area contributed by atoms with Crippen molar-refractivity contribution in [2.45, 2.75) is 12.5 Å². The Labute approximate surface area is 141 Å². The predicted octanol–water partition coefficient (Wildman–Crippen LogP) is -1.91. The predicted molar refractivity (Wildman–Crippen MR) is 73.9 cm³/mol. The van der Waals surface area contributed by atoms with Gasteiger partial charge in [0.05, 0.1) is 5.92 Å². The number of nitrogens with one attached hydrogen (secondary N) is 1. The Balaban J connectivity index is 0.000000300. The Morgan fingerprint density at radius 2 is 1.67 bits per heavy atom. The molecule has 0 radical (unpaired) electrons. The Morgan fingerprint density at radius 1 is 0.958 bits per heavy atom. The van der Waals surface area contributed by atoms with Gasteiger partial charge in [0.25, 0.3) is 0 Å². The van der Waals surface area contributed by atoms with Gasteiger partial charge in [0, 0.05) is 30.1 Å². The molecule has 1 aromatic carbocycles. The van der Waals surface area contributed by atoms with Gasteiger partial charge in [-0.3, -0.25) is 0 Å². The van der Waals surface area contributed by atoms with Crippen LogP contribution in [0.2, 0.25) is 0 Å². The van der Waals surface area contributed by atoms with Crippen molar-refractivity contribution in [3.8, 4) is 0 Å². The van der Waals surface area contributed by atoms with E-state index in [0.29, 0.717) is 5.92 Å². The Hall–Kier alpha value is -2.22. The zero-order chi connectivity index (χ0) is 17.2. The number of rotatable bonds is 1. The smallest absolute Gasteiger partial charge is 0.193 e. The van der Waals surface area contributed by atoms with Crippen molar-refractivity contribution in [3.63, 3.8) is 0 Å². The zero-order valence-electron chi connectivity index (χ0n) is 12.6. The minimum atomic E-state index is -4.94. The minimum absolute atomic E-state index is 0.331. The lowest BCUT2D eigenvalue weighted by Crippen LogP contribution is -2.68. The third-order valence-corrected chi connectivity index (χ3v) is 3.93. The van der Waals surface area contributed by atoms with Crippen LogP contribution in [0.4, 0.5) is 0 Å². The van der Waals surface area contributed by atoms with Crippen molar-refractivity contribution in [1.82, 2.24) is 4.98 Å². The van der Waals surface area contributed by atoms with Crippen LogP contribution in [0, 0.1) is 10.2 Å². The van der Waals surface area contributed by atoms with Gasteiger partial charge in [-0.1, -0.05) is 30.3 Å². The first kappa shape index (κ1) is 16.6. The molecule has 4 rings (SSSR count). The summed E-state index contributed by atoms with van der Waals surface area (Å²) in [6.45, 7) is 0.966. The van der Waals surface area contributed by atoms with E-state index in [2.05, 4.69) is 70.5 Å². The number of aromatic amines is 1. The van der Waals surface area contributed by atoms with Gasteiger partial charge in [0.1, 0.15) is 0 Å². The average Bonchev–Trinajstić information content (AvgIpc) is 3.05. The fourth-order valence-electron chi connectivity index (χ4n) is 3.06. The Bertz CT molecular complexity index is 764. The third kappa shape index (κ3) is 3.81. The maximum atomic E-state index is 8.49. The molecule has 0 amide bonds. The van der Waals surface area contributed by atoms with Crippen LogP contribution in [0.25, 0.3) is 0 Å². The number of fused-ring (bicyclic) bond motifs is 2. The van der Waals surface area contributed by atoms with Crippen LogP contribution >= 0.6 is 0 Å². The number of pyridine rings is 1. The van der Waals surface area contributed by atoms with E-state index in [9.17, 15) is 0 Å². The lowest BCUT2D eigenvalue weighted by molar-refractivity contribution is -2.00. The number of halogens is 1. The number of nitrogens with zero attached hydrogens (tertiary/aromatic N) is 1. The SMILES string of the molecule is [O-][Cl+3]([O-])([O-])[O-].c1ccc2c(c1)C[n+]1ccccc1C2c1cc[nH]c1. The molecule has 3 aromatic rings. The van der Waals surface area contributed by atoms with Crippen LogP contribution in [-0.2, 0) is 6.54 Å². The molecule has 0 saturated heterocycles. The molecule has 1 N–H and O–H groups in total. The fourth-order valence-corrected chi connectivity index (χ4v) is 3.06. The number of H-pyrrole nitrogens is 1. The van der Waals surface area contributed by atoms with Crippen molar-refractivity contribution in [2.24, 2.45) is 0 Å². The van der Waals surface area contributed by atoms with E-state index in [0.717, 1.165) is 6.54 Å². The maximum absolute atomic E-state index is 8.49. The molecule has 0 bridgehead atoms. The molecule has 6 nitrogen and oxygen atoms in total. The summed E-state index contributed by atoms with van der Waals surface area (Å²) in [5.74, 6) is 0.331. The summed E-state index contributed by atoms with van der Waals surface area (Å²) < 4.78 is 36.3. The Morgan fingerprint density at radius 3 is 2.38 bits per heavy atom. The van der Waals surface area contributed by atoms with E-state index in [1.165, 1.54) is 22.4 Å². The average molecular weight is 347 g/mol. The second-order valence-electron chi connectivity index (χ2n) is 5.41. The summed E-state index contributed by atoms with van der Waals surface area (Å²) in [6, 6.07) is 17.4. The maximum Gasteiger partial charge on any atom is 0.193 e. The van der Waals surface area contributed by atoms with Crippen molar-refractivity contribution in [1.29, 1.82) is 0 Å². The van der Waals surface area contributed by atoms with Gasteiger partial charge in [-0.25, -0.2) is 18.6 Å². The van der Waals surface area contributed by atoms with E-state index in [4.69, 9.17) is 18.6 Å². The van der Waals surface area contributed by atoms with Gasteiger partial charge in [-0.15, -0.1) is 10.2 Å². The van der Waals surface area contributed by atoms with Crippen LogP contribution in [0.3, 0.4) is 0 Å². The van der Waals surface area contributed by atoms with Crippen molar-refractivity contribution < 1.29 is 33.4 Å². The molecule has 2 aromatic heterocycles. The van der Waals surface area contributed by atoms with Gasteiger partial charge in [-0.05, 0) is 17.2 Å².